The number of thiazole rings is 1. The highest BCUT2D eigenvalue weighted by atomic mass is 32.1. The summed E-state index contributed by atoms with van der Waals surface area (Å²) in [6.07, 6.45) is 1.75. The maximum atomic E-state index is 13.1. The van der Waals surface area contributed by atoms with E-state index in [0.29, 0.717) is 43.1 Å². The van der Waals surface area contributed by atoms with Gasteiger partial charge in [-0.05, 0) is 25.0 Å². The molecule has 8 nitrogen and oxygen atoms in total. The molecule has 1 fully saturated rings. The first-order valence-corrected chi connectivity index (χ1v) is 10.9. The van der Waals surface area contributed by atoms with Crippen molar-refractivity contribution in [1.82, 2.24) is 9.88 Å². The number of piperazine rings is 1. The van der Waals surface area contributed by atoms with Crippen LogP contribution in [0, 0.1) is 17.2 Å². The van der Waals surface area contributed by atoms with Crippen LogP contribution in [0.15, 0.2) is 28.6 Å². The Morgan fingerprint density at radius 2 is 2.10 bits per heavy atom. The van der Waals surface area contributed by atoms with E-state index in [0.717, 1.165) is 35.8 Å². The van der Waals surface area contributed by atoms with Crippen LogP contribution in [0.1, 0.15) is 34.5 Å². The number of carbonyl (C=O) groups is 2. The summed E-state index contributed by atoms with van der Waals surface area (Å²) in [5.41, 5.74) is 3.45. The number of benzene rings is 1. The van der Waals surface area contributed by atoms with E-state index < -0.39 is 0 Å². The first-order valence-electron chi connectivity index (χ1n) is 10.0. The van der Waals surface area contributed by atoms with Gasteiger partial charge in [-0.15, -0.1) is 11.3 Å². The molecule has 3 aliphatic rings. The van der Waals surface area contributed by atoms with Gasteiger partial charge in [-0.25, -0.2) is 4.98 Å². The molecule has 3 aliphatic heterocycles. The predicted octanol–water partition coefficient (Wildman–Crippen LogP) is 2.13. The number of nitrogens with zero attached hydrogens (tertiary/aromatic N) is 5. The molecule has 0 bridgehead atoms. The smallest absolute Gasteiger partial charge is 0.254 e. The largest absolute Gasteiger partial charge is 0.345 e. The number of fused-ring (bicyclic) bond motifs is 3. The van der Waals surface area contributed by atoms with Gasteiger partial charge in [0, 0.05) is 49.2 Å². The molecule has 0 aliphatic carbocycles. The molecule has 5 rings (SSSR count). The fourth-order valence-corrected chi connectivity index (χ4v) is 5.04. The van der Waals surface area contributed by atoms with Gasteiger partial charge < -0.3 is 15.1 Å². The monoisotopic (exact) mass is 420 g/mol. The number of hydrogen-bond donors (Lipinski definition) is 1. The fourth-order valence-electron chi connectivity index (χ4n) is 4.24. The van der Waals surface area contributed by atoms with Gasteiger partial charge in [0.15, 0.2) is 10.8 Å². The fraction of sp³-hybridized carbons (Fsp3) is 0.381. The van der Waals surface area contributed by atoms with Gasteiger partial charge in [-0.3, -0.25) is 14.6 Å². The second kappa shape index (κ2) is 7.54. The van der Waals surface area contributed by atoms with Gasteiger partial charge in [-0.1, -0.05) is 6.07 Å². The third kappa shape index (κ3) is 3.23. The van der Waals surface area contributed by atoms with Gasteiger partial charge in [-0.2, -0.15) is 5.26 Å². The normalized spacial score (nSPS) is 20.6. The van der Waals surface area contributed by atoms with E-state index >= 15 is 0 Å². The number of carbonyl (C=O) groups excluding carboxylic acids is 2. The van der Waals surface area contributed by atoms with Crippen molar-refractivity contribution >= 4 is 39.7 Å². The van der Waals surface area contributed by atoms with E-state index in [1.165, 1.54) is 11.3 Å². The zero-order valence-electron chi connectivity index (χ0n) is 16.3. The van der Waals surface area contributed by atoms with Gasteiger partial charge in [0.05, 0.1) is 17.3 Å². The predicted molar refractivity (Wildman–Crippen MR) is 114 cm³/mol. The number of nitriles is 1. The highest BCUT2D eigenvalue weighted by Gasteiger charge is 2.34. The summed E-state index contributed by atoms with van der Waals surface area (Å²) in [5.74, 6) is -0.246. The Morgan fingerprint density at radius 1 is 1.27 bits per heavy atom. The van der Waals surface area contributed by atoms with Crippen molar-refractivity contribution in [3.8, 4) is 6.07 Å². The lowest BCUT2D eigenvalue weighted by atomic mass is 9.85. The maximum Gasteiger partial charge on any atom is 0.254 e. The summed E-state index contributed by atoms with van der Waals surface area (Å²) in [5, 5.41) is 14.5. The molecule has 0 saturated carbocycles. The summed E-state index contributed by atoms with van der Waals surface area (Å²) in [6, 6.07) is 7.57. The molecule has 30 heavy (non-hydrogen) atoms. The molecule has 1 N–H and O–H groups in total. The molecule has 9 heteroatoms. The Bertz CT molecular complexity index is 1090. The average Bonchev–Trinajstić information content (AvgIpc) is 3.28. The second-order valence-electron chi connectivity index (χ2n) is 7.62. The molecule has 2 amide bonds. The van der Waals surface area contributed by atoms with Crippen molar-refractivity contribution in [2.24, 2.45) is 10.9 Å². The van der Waals surface area contributed by atoms with E-state index in [9.17, 15) is 9.59 Å². The summed E-state index contributed by atoms with van der Waals surface area (Å²) >= 11 is 1.45. The molecule has 1 unspecified atom stereocenters. The van der Waals surface area contributed by atoms with Crippen LogP contribution < -0.4 is 10.2 Å². The van der Waals surface area contributed by atoms with Crippen LogP contribution in [0.3, 0.4) is 0 Å². The van der Waals surface area contributed by atoms with Crippen molar-refractivity contribution in [1.29, 1.82) is 5.26 Å². The van der Waals surface area contributed by atoms with Gasteiger partial charge in [0.1, 0.15) is 6.07 Å². The number of hydrogen-bond acceptors (Lipinski definition) is 7. The Labute approximate surface area is 177 Å². The lowest BCUT2D eigenvalue weighted by molar-refractivity contribution is -0.118. The minimum absolute atomic E-state index is 0.0284. The Balaban J connectivity index is 1.31. The molecule has 1 saturated heterocycles. The van der Waals surface area contributed by atoms with Crippen LogP contribution in [0.4, 0.5) is 10.8 Å². The van der Waals surface area contributed by atoms with Crippen LogP contribution in [0.5, 0.6) is 0 Å². The Kier molecular flexibility index (Phi) is 4.71. The molecule has 152 valence electrons. The zero-order valence-corrected chi connectivity index (χ0v) is 17.1. The maximum absolute atomic E-state index is 13.1. The molecule has 4 heterocycles. The van der Waals surface area contributed by atoms with Gasteiger partial charge in [0.2, 0.25) is 5.91 Å². The molecule has 0 radical (unpaired) electrons. The summed E-state index contributed by atoms with van der Waals surface area (Å²) in [6.45, 7) is 3.25. The van der Waals surface area contributed by atoms with Crippen LogP contribution in [-0.2, 0) is 4.79 Å². The molecule has 2 aromatic rings. The quantitative estimate of drug-likeness (QED) is 0.802. The highest BCUT2D eigenvalue weighted by Crippen LogP contribution is 2.32. The Morgan fingerprint density at radius 3 is 2.87 bits per heavy atom. The molecule has 0 spiro atoms. The topological polar surface area (TPSA) is 102 Å². The first kappa shape index (κ1) is 18.8. The standard InChI is InChI=1S/C21H20N6O2S/c22-11-14-12-30-21(24-14)27-8-6-26(7-9-27)20(29)13-3-4-15-17(10-13)25-19(28)16-2-1-5-23-18(15)16/h3-4,10,12,16H,1-2,5-9H2,(H,25,28). The number of nitrogens with one attached hydrogen (secondary N) is 1. The van der Waals surface area contributed by atoms with Crippen molar-refractivity contribution in [3.63, 3.8) is 0 Å². The van der Waals surface area contributed by atoms with Crippen molar-refractivity contribution < 1.29 is 9.59 Å². The number of rotatable bonds is 2. The second-order valence-corrected chi connectivity index (χ2v) is 8.45. The van der Waals surface area contributed by atoms with Gasteiger partial charge in [0.25, 0.3) is 5.91 Å². The molecular weight excluding hydrogens is 400 g/mol. The lowest BCUT2D eigenvalue weighted by Gasteiger charge is -2.35. The molecule has 1 aromatic heterocycles. The summed E-state index contributed by atoms with van der Waals surface area (Å²) in [7, 11) is 0. The van der Waals surface area contributed by atoms with Crippen LogP contribution in [-0.4, -0.2) is 60.1 Å². The van der Waals surface area contributed by atoms with Crippen molar-refractivity contribution in [2.45, 2.75) is 12.8 Å². The van der Waals surface area contributed by atoms with E-state index in [-0.39, 0.29) is 17.7 Å². The first-order chi connectivity index (χ1) is 14.6. The van der Waals surface area contributed by atoms with E-state index in [2.05, 4.69) is 26.3 Å². The molecule has 1 aromatic carbocycles. The molecular formula is C21H20N6O2S. The minimum Gasteiger partial charge on any atom is -0.345 e. The van der Waals surface area contributed by atoms with E-state index in [1.807, 2.05) is 17.0 Å². The molecule has 1 atom stereocenters. The third-order valence-electron chi connectivity index (χ3n) is 5.82. The van der Waals surface area contributed by atoms with Crippen molar-refractivity contribution in [3.05, 3.63) is 40.4 Å². The van der Waals surface area contributed by atoms with Crippen LogP contribution in [0.2, 0.25) is 0 Å². The van der Waals surface area contributed by atoms with E-state index in [1.54, 1.807) is 11.4 Å². The Hall–Kier alpha value is -3.25. The highest BCUT2D eigenvalue weighted by molar-refractivity contribution is 7.13. The number of aliphatic imine (C=N–C) groups is 1. The van der Waals surface area contributed by atoms with Gasteiger partial charge >= 0.3 is 0 Å². The lowest BCUT2D eigenvalue weighted by Crippen LogP contribution is -2.48. The summed E-state index contributed by atoms with van der Waals surface area (Å²) < 4.78 is 0. The van der Waals surface area contributed by atoms with Crippen LogP contribution >= 0.6 is 11.3 Å². The summed E-state index contributed by atoms with van der Waals surface area (Å²) in [4.78, 5) is 38.3. The zero-order chi connectivity index (χ0) is 20.7. The number of anilines is 2. The number of amides is 2. The van der Waals surface area contributed by atoms with E-state index in [4.69, 9.17) is 5.26 Å². The third-order valence-corrected chi connectivity index (χ3v) is 6.73. The minimum atomic E-state index is -0.173. The van der Waals surface area contributed by atoms with Crippen LogP contribution in [0.25, 0.3) is 0 Å². The van der Waals surface area contributed by atoms with Crippen molar-refractivity contribution in [2.75, 3.05) is 42.9 Å². The average molecular weight is 420 g/mol. The SMILES string of the molecule is N#Cc1csc(N2CCN(C(=O)c3ccc4c(c3)NC(=O)C3CCCN=C43)CC2)n1. The number of aromatic nitrogens is 1.